The molecular formula is C19H36O2. The number of rotatable bonds is 9. The summed E-state index contributed by atoms with van der Waals surface area (Å²) in [5.41, 5.74) is -0.211. The summed E-state index contributed by atoms with van der Waals surface area (Å²) in [4.78, 5) is 0. The zero-order valence-corrected chi connectivity index (χ0v) is 15.1. The third kappa shape index (κ3) is 4.48. The number of methoxy groups -OCH3 is 2. The Morgan fingerprint density at radius 3 is 2.05 bits per heavy atom. The van der Waals surface area contributed by atoms with Gasteiger partial charge in [0.1, 0.15) is 0 Å². The molecule has 1 rings (SSSR count). The number of allylic oxidation sites excluding steroid dienone is 1. The van der Waals surface area contributed by atoms with Crippen LogP contribution in [0.15, 0.2) is 11.8 Å². The van der Waals surface area contributed by atoms with Crippen molar-refractivity contribution in [3.63, 3.8) is 0 Å². The van der Waals surface area contributed by atoms with Gasteiger partial charge in [0.2, 0.25) is 0 Å². The van der Waals surface area contributed by atoms with E-state index in [9.17, 15) is 0 Å². The molecule has 2 unspecified atom stereocenters. The molecule has 2 heteroatoms. The molecule has 21 heavy (non-hydrogen) atoms. The van der Waals surface area contributed by atoms with E-state index in [0.29, 0.717) is 11.8 Å². The van der Waals surface area contributed by atoms with Crippen LogP contribution < -0.4 is 0 Å². The van der Waals surface area contributed by atoms with Crippen molar-refractivity contribution in [2.24, 2.45) is 17.8 Å². The molecular weight excluding hydrogens is 260 g/mol. The number of hydrogen-bond acceptors (Lipinski definition) is 2. The molecule has 1 fully saturated rings. The van der Waals surface area contributed by atoms with E-state index in [0.717, 1.165) is 24.5 Å². The van der Waals surface area contributed by atoms with E-state index in [-0.39, 0.29) is 5.60 Å². The highest BCUT2D eigenvalue weighted by Gasteiger charge is 2.38. The Balaban J connectivity index is 3.03. The molecule has 2 nitrogen and oxygen atoms in total. The molecule has 1 aliphatic rings. The first-order valence-corrected chi connectivity index (χ1v) is 8.88. The van der Waals surface area contributed by atoms with Crippen molar-refractivity contribution < 1.29 is 9.47 Å². The molecule has 0 aromatic rings. The van der Waals surface area contributed by atoms with Crippen LogP contribution in [0.4, 0.5) is 0 Å². The van der Waals surface area contributed by atoms with E-state index < -0.39 is 0 Å². The van der Waals surface area contributed by atoms with Crippen molar-refractivity contribution in [2.75, 3.05) is 14.2 Å². The third-order valence-corrected chi connectivity index (χ3v) is 5.64. The van der Waals surface area contributed by atoms with Crippen molar-refractivity contribution >= 4 is 0 Å². The fourth-order valence-corrected chi connectivity index (χ4v) is 4.20. The van der Waals surface area contributed by atoms with Crippen molar-refractivity contribution in [2.45, 2.75) is 78.2 Å². The first-order valence-electron chi connectivity index (χ1n) is 8.88. The molecule has 0 aliphatic heterocycles. The van der Waals surface area contributed by atoms with Crippen LogP contribution in [0.2, 0.25) is 0 Å². The van der Waals surface area contributed by atoms with Crippen molar-refractivity contribution in [1.29, 1.82) is 0 Å². The highest BCUT2D eigenvalue weighted by atomic mass is 16.5. The van der Waals surface area contributed by atoms with Crippen LogP contribution in [-0.4, -0.2) is 19.8 Å². The Morgan fingerprint density at radius 1 is 1.10 bits per heavy atom. The van der Waals surface area contributed by atoms with Gasteiger partial charge in [-0.05, 0) is 44.1 Å². The summed E-state index contributed by atoms with van der Waals surface area (Å²) >= 11 is 0. The summed E-state index contributed by atoms with van der Waals surface area (Å²) in [6.07, 6.45) is 11.2. The highest BCUT2D eigenvalue weighted by molar-refractivity contribution is 5.11. The molecule has 0 amide bonds. The van der Waals surface area contributed by atoms with E-state index >= 15 is 0 Å². The molecule has 0 aromatic carbocycles. The molecule has 0 bridgehead atoms. The van der Waals surface area contributed by atoms with E-state index in [2.05, 4.69) is 33.8 Å². The lowest BCUT2D eigenvalue weighted by Gasteiger charge is -2.38. The standard InChI is InChI=1S/C19H36O2/c1-7-15(8-2)18(20-5)14-19(4,21-6)17(9-3)16-12-10-11-13-16/h14-17H,7-13H2,1-6H3/b18-14-. The molecule has 124 valence electrons. The number of hydrogen-bond donors (Lipinski definition) is 0. The largest absolute Gasteiger partial charge is 0.501 e. The minimum absolute atomic E-state index is 0.211. The van der Waals surface area contributed by atoms with E-state index in [1.54, 1.807) is 7.11 Å². The smallest absolute Gasteiger partial charge is 0.0974 e. The van der Waals surface area contributed by atoms with E-state index in [1.807, 2.05) is 7.11 Å². The quantitative estimate of drug-likeness (QED) is 0.517. The summed E-state index contributed by atoms with van der Waals surface area (Å²) in [5, 5.41) is 0. The Kier molecular flexibility index (Phi) is 7.79. The SMILES string of the molecule is CCC(CC)/C(=C/C(C)(OC)C(CC)C1CCCC1)OC. The molecule has 1 saturated carbocycles. The average Bonchev–Trinajstić information content (AvgIpc) is 3.02. The third-order valence-electron chi connectivity index (χ3n) is 5.64. The second-order valence-electron chi connectivity index (χ2n) is 6.71. The van der Waals surface area contributed by atoms with Gasteiger partial charge in [0.15, 0.2) is 0 Å². The molecule has 0 N–H and O–H groups in total. The zero-order valence-electron chi connectivity index (χ0n) is 15.1. The van der Waals surface area contributed by atoms with Gasteiger partial charge in [-0.15, -0.1) is 0 Å². The van der Waals surface area contributed by atoms with Crippen LogP contribution in [0.5, 0.6) is 0 Å². The van der Waals surface area contributed by atoms with Crippen molar-refractivity contribution in [3.05, 3.63) is 11.8 Å². The molecule has 0 spiro atoms. The summed E-state index contributed by atoms with van der Waals surface area (Å²) in [7, 11) is 3.66. The predicted molar refractivity (Wildman–Crippen MR) is 90.3 cm³/mol. The van der Waals surface area contributed by atoms with Crippen molar-refractivity contribution in [3.8, 4) is 0 Å². The lowest BCUT2D eigenvalue weighted by atomic mass is 9.75. The summed E-state index contributed by atoms with van der Waals surface area (Å²) in [6, 6.07) is 0. The Labute approximate surface area is 132 Å². The average molecular weight is 296 g/mol. The van der Waals surface area contributed by atoms with Crippen LogP contribution in [-0.2, 0) is 9.47 Å². The van der Waals surface area contributed by atoms with Gasteiger partial charge in [-0.25, -0.2) is 0 Å². The Bertz CT molecular complexity index is 314. The summed E-state index contributed by atoms with van der Waals surface area (Å²) in [6.45, 7) is 9.03. The second-order valence-corrected chi connectivity index (χ2v) is 6.71. The maximum absolute atomic E-state index is 6.02. The maximum Gasteiger partial charge on any atom is 0.0974 e. The topological polar surface area (TPSA) is 18.5 Å². The maximum atomic E-state index is 6.02. The van der Waals surface area contributed by atoms with Gasteiger partial charge in [0, 0.05) is 13.0 Å². The van der Waals surface area contributed by atoms with Crippen LogP contribution in [0.3, 0.4) is 0 Å². The Hall–Kier alpha value is -0.500. The lowest BCUT2D eigenvalue weighted by molar-refractivity contribution is -0.0294. The molecule has 1 aliphatic carbocycles. The van der Waals surface area contributed by atoms with Gasteiger partial charge in [-0.3, -0.25) is 0 Å². The molecule has 0 heterocycles. The van der Waals surface area contributed by atoms with Crippen LogP contribution in [0.1, 0.15) is 72.6 Å². The first kappa shape index (κ1) is 18.5. The predicted octanol–water partition coefficient (Wildman–Crippen LogP) is 5.57. The fourth-order valence-electron chi connectivity index (χ4n) is 4.20. The summed E-state index contributed by atoms with van der Waals surface area (Å²) < 4.78 is 11.7. The Morgan fingerprint density at radius 2 is 1.67 bits per heavy atom. The zero-order chi connectivity index (χ0) is 15.9. The minimum atomic E-state index is -0.211. The van der Waals surface area contributed by atoms with Gasteiger partial charge >= 0.3 is 0 Å². The minimum Gasteiger partial charge on any atom is -0.501 e. The fraction of sp³-hybridized carbons (Fsp3) is 0.895. The highest BCUT2D eigenvalue weighted by Crippen LogP contribution is 2.42. The monoisotopic (exact) mass is 296 g/mol. The summed E-state index contributed by atoms with van der Waals surface area (Å²) in [5.74, 6) is 3.01. The van der Waals surface area contributed by atoms with Gasteiger partial charge in [0.05, 0.1) is 18.5 Å². The van der Waals surface area contributed by atoms with E-state index in [4.69, 9.17) is 9.47 Å². The number of ether oxygens (including phenoxy) is 2. The molecule has 0 saturated heterocycles. The van der Waals surface area contributed by atoms with Gasteiger partial charge < -0.3 is 9.47 Å². The van der Waals surface area contributed by atoms with E-state index in [1.165, 1.54) is 32.1 Å². The van der Waals surface area contributed by atoms with Crippen LogP contribution in [0, 0.1) is 17.8 Å². The molecule has 2 atom stereocenters. The normalized spacial score (nSPS) is 21.6. The van der Waals surface area contributed by atoms with Gasteiger partial charge in [-0.1, -0.05) is 46.5 Å². The van der Waals surface area contributed by atoms with Crippen LogP contribution >= 0.6 is 0 Å². The molecule has 0 aromatic heterocycles. The van der Waals surface area contributed by atoms with Gasteiger partial charge in [-0.2, -0.15) is 0 Å². The van der Waals surface area contributed by atoms with Crippen LogP contribution in [0.25, 0.3) is 0 Å². The van der Waals surface area contributed by atoms with Gasteiger partial charge in [0.25, 0.3) is 0 Å². The molecule has 0 radical (unpaired) electrons. The van der Waals surface area contributed by atoms with Crippen molar-refractivity contribution in [1.82, 2.24) is 0 Å². The lowest BCUT2D eigenvalue weighted by Crippen LogP contribution is -2.39. The second kappa shape index (κ2) is 8.82. The first-order chi connectivity index (χ1) is 10.1.